The molecular formula is C14H17Cl2N3OS. The van der Waals surface area contributed by atoms with Crippen LogP contribution >= 0.6 is 35.0 Å². The number of benzene rings is 1. The lowest BCUT2D eigenvalue weighted by Gasteiger charge is -2.08. The van der Waals surface area contributed by atoms with Crippen molar-refractivity contribution >= 4 is 35.0 Å². The lowest BCUT2D eigenvalue weighted by Crippen LogP contribution is -2.13. The van der Waals surface area contributed by atoms with Crippen molar-refractivity contribution < 1.29 is 4.42 Å². The van der Waals surface area contributed by atoms with Crippen LogP contribution in [0, 0.1) is 5.92 Å². The van der Waals surface area contributed by atoms with Gasteiger partial charge in [-0.2, -0.15) is 0 Å². The Morgan fingerprint density at radius 2 is 1.90 bits per heavy atom. The minimum Gasteiger partial charge on any atom is -0.414 e. The molecule has 1 atom stereocenters. The Morgan fingerprint density at radius 3 is 2.52 bits per heavy atom. The summed E-state index contributed by atoms with van der Waals surface area (Å²) >= 11 is 13.6. The Morgan fingerprint density at radius 1 is 1.24 bits per heavy atom. The minimum absolute atomic E-state index is 0.226. The van der Waals surface area contributed by atoms with Crippen molar-refractivity contribution in [1.82, 2.24) is 10.2 Å². The van der Waals surface area contributed by atoms with Gasteiger partial charge < -0.3 is 10.2 Å². The third-order valence-electron chi connectivity index (χ3n) is 2.87. The highest BCUT2D eigenvalue weighted by molar-refractivity contribution is 7.98. The van der Waals surface area contributed by atoms with Gasteiger partial charge in [0.2, 0.25) is 5.89 Å². The van der Waals surface area contributed by atoms with E-state index < -0.39 is 0 Å². The van der Waals surface area contributed by atoms with Crippen molar-refractivity contribution in [2.75, 3.05) is 0 Å². The van der Waals surface area contributed by atoms with Crippen LogP contribution < -0.4 is 5.73 Å². The molecule has 0 unspecified atom stereocenters. The number of thioether (sulfide) groups is 1. The maximum absolute atomic E-state index is 6.12. The molecule has 0 fully saturated rings. The molecule has 114 valence electrons. The topological polar surface area (TPSA) is 64.9 Å². The molecule has 0 amide bonds. The van der Waals surface area contributed by atoms with Crippen molar-refractivity contribution in [2.24, 2.45) is 11.7 Å². The fraction of sp³-hybridized carbons (Fsp3) is 0.429. The van der Waals surface area contributed by atoms with E-state index in [0.29, 0.717) is 32.8 Å². The molecule has 0 aliphatic carbocycles. The summed E-state index contributed by atoms with van der Waals surface area (Å²) < 4.78 is 5.58. The summed E-state index contributed by atoms with van der Waals surface area (Å²) in [5.41, 5.74) is 6.88. The molecule has 0 aliphatic rings. The van der Waals surface area contributed by atoms with E-state index in [4.69, 9.17) is 33.4 Å². The van der Waals surface area contributed by atoms with Gasteiger partial charge in [-0.1, -0.05) is 54.9 Å². The summed E-state index contributed by atoms with van der Waals surface area (Å²) in [6, 6.07) is 5.20. The van der Waals surface area contributed by atoms with Crippen LogP contribution in [0.15, 0.2) is 27.8 Å². The molecular weight excluding hydrogens is 329 g/mol. The first-order chi connectivity index (χ1) is 9.97. The monoisotopic (exact) mass is 345 g/mol. The molecule has 7 heteroatoms. The Balaban J connectivity index is 2.00. The van der Waals surface area contributed by atoms with E-state index in [-0.39, 0.29) is 6.04 Å². The Bertz CT molecular complexity index is 583. The Hall–Kier alpha value is -0.750. The van der Waals surface area contributed by atoms with Gasteiger partial charge in [-0.3, -0.25) is 0 Å². The lowest BCUT2D eigenvalue weighted by molar-refractivity contribution is 0.361. The molecule has 0 spiro atoms. The third kappa shape index (κ3) is 4.61. The van der Waals surface area contributed by atoms with E-state index in [1.165, 1.54) is 11.8 Å². The van der Waals surface area contributed by atoms with Crippen LogP contribution in [-0.2, 0) is 5.75 Å². The molecule has 21 heavy (non-hydrogen) atoms. The lowest BCUT2D eigenvalue weighted by atomic mass is 10.1. The van der Waals surface area contributed by atoms with Crippen LogP contribution in [0.4, 0.5) is 0 Å². The average Bonchev–Trinajstić information content (AvgIpc) is 2.86. The molecule has 0 saturated heterocycles. The quantitative estimate of drug-likeness (QED) is 0.767. The van der Waals surface area contributed by atoms with E-state index in [9.17, 15) is 0 Å². The summed E-state index contributed by atoms with van der Waals surface area (Å²) in [5, 5.41) is 9.73. The smallest absolute Gasteiger partial charge is 0.276 e. The highest BCUT2D eigenvalue weighted by Gasteiger charge is 2.16. The standard InChI is InChI=1S/C14H17Cl2N3OS/c1-8(2)6-12(17)13-18-19-14(20-13)21-7-9-10(15)4-3-5-11(9)16/h3-5,8,12H,6-7,17H2,1-2H3/t12-/m1/s1. The second kappa shape index (κ2) is 7.49. The summed E-state index contributed by atoms with van der Waals surface area (Å²) in [6.07, 6.45) is 0.808. The molecule has 0 bridgehead atoms. The molecule has 2 rings (SSSR count). The molecule has 0 aliphatic heterocycles. The van der Waals surface area contributed by atoms with E-state index in [2.05, 4.69) is 24.0 Å². The maximum atomic E-state index is 6.12. The van der Waals surface area contributed by atoms with Crippen molar-refractivity contribution in [3.05, 3.63) is 39.7 Å². The third-order valence-corrected chi connectivity index (χ3v) is 4.42. The fourth-order valence-corrected chi connectivity index (χ4v) is 3.35. The van der Waals surface area contributed by atoms with Gasteiger partial charge in [0.05, 0.1) is 6.04 Å². The molecule has 1 heterocycles. The summed E-state index contributed by atoms with van der Waals surface area (Å²) in [4.78, 5) is 0. The number of nitrogens with zero attached hydrogens (tertiary/aromatic N) is 2. The highest BCUT2D eigenvalue weighted by atomic mass is 35.5. The zero-order valence-corrected chi connectivity index (χ0v) is 14.2. The molecule has 1 aromatic carbocycles. The van der Waals surface area contributed by atoms with Crippen LogP contribution in [0.25, 0.3) is 0 Å². The number of hydrogen-bond acceptors (Lipinski definition) is 5. The van der Waals surface area contributed by atoms with Crippen LogP contribution in [0.2, 0.25) is 10.0 Å². The first-order valence-electron chi connectivity index (χ1n) is 6.62. The molecule has 1 aromatic heterocycles. The number of halogens is 2. The van der Waals surface area contributed by atoms with Gasteiger partial charge in [-0.25, -0.2) is 0 Å². The van der Waals surface area contributed by atoms with Crippen LogP contribution in [-0.4, -0.2) is 10.2 Å². The molecule has 2 N–H and O–H groups in total. The van der Waals surface area contributed by atoms with E-state index in [0.717, 1.165) is 12.0 Å². The average molecular weight is 346 g/mol. The SMILES string of the molecule is CC(C)C[C@@H](N)c1nnc(SCc2c(Cl)cccc2Cl)o1. The summed E-state index contributed by atoms with van der Waals surface area (Å²) in [7, 11) is 0. The minimum atomic E-state index is -0.226. The number of hydrogen-bond donors (Lipinski definition) is 1. The van der Waals surface area contributed by atoms with Gasteiger partial charge in [0.15, 0.2) is 0 Å². The first kappa shape index (κ1) is 16.6. The van der Waals surface area contributed by atoms with E-state index in [1.807, 2.05) is 6.07 Å². The first-order valence-corrected chi connectivity index (χ1v) is 8.36. The van der Waals surface area contributed by atoms with Gasteiger partial charge >= 0.3 is 0 Å². The van der Waals surface area contributed by atoms with Crippen molar-refractivity contribution in [1.29, 1.82) is 0 Å². The second-order valence-electron chi connectivity index (χ2n) is 5.13. The van der Waals surface area contributed by atoms with Crippen molar-refractivity contribution in [3.8, 4) is 0 Å². The van der Waals surface area contributed by atoms with Gasteiger partial charge in [-0.15, -0.1) is 10.2 Å². The predicted molar refractivity (Wildman–Crippen MR) is 86.7 cm³/mol. The van der Waals surface area contributed by atoms with Gasteiger partial charge in [0, 0.05) is 15.8 Å². The van der Waals surface area contributed by atoms with Crippen LogP contribution in [0.5, 0.6) is 0 Å². The maximum Gasteiger partial charge on any atom is 0.276 e. The van der Waals surface area contributed by atoms with Gasteiger partial charge in [0.1, 0.15) is 0 Å². The van der Waals surface area contributed by atoms with Crippen LogP contribution in [0.3, 0.4) is 0 Å². The molecule has 2 aromatic rings. The molecule has 0 radical (unpaired) electrons. The summed E-state index contributed by atoms with van der Waals surface area (Å²) in [6.45, 7) is 4.20. The fourth-order valence-electron chi connectivity index (χ4n) is 1.84. The molecule has 0 saturated carbocycles. The second-order valence-corrected chi connectivity index (χ2v) is 6.87. The van der Waals surface area contributed by atoms with Crippen molar-refractivity contribution in [2.45, 2.75) is 37.3 Å². The predicted octanol–water partition coefficient (Wildman–Crippen LogP) is 4.71. The van der Waals surface area contributed by atoms with Crippen molar-refractivity contribution in [3.63, 3.8) is 0 Å². The zero-order chi connectivity index (χ0) is 15.4. The van der Waals surface area contributed by atoms with E-state index >= 15 is 0 Å². The van der Waals surface area contributed by atoms with Gasteiger partial charge in [-0.05, 0) is 30.0 Å². The largest absolute Gasteiger partial charge is 0.414 e. The number of nitrogens with two attached hydrogens (primary N) is 1. The van der Waals surface area contributed by atoms with E-state index in [1.54, 1.807) is 12.1 Å². The van der Waals surface area contributed by atoms with Crippen LogP contribution in [0.1, 0.15) is 37.8 Å². The summed E-state index contributed by atoms with van der Waals surface area (Å²) in [5.74, 6) is 1.51. The Kier molecular flexibility index (Phi) is 5.93. The Labute approximate surface area is 138 Å². The normalized spacial score (nSPS) is 12.9. The highest BCUT2D eigenvalue weighted by Crippen LogP contribution is 2.31. The number of rotatable bonds is 6. The zero-order valence-electron chi connectivity index (χ0n) is 11.8. The molecule has 4 nitrogen and oxygen atoms in total. The van der Waals surface area contributed by atoms with Gasteiger partial charge in [0.25, 0.3) is 5.22 Å². The number of aromatic nitrogens is 2.